The minimum atomic E-state index is -0.157. The van der Waals surface area contributed by atoms with Crippen LogP contribution in [0, 0.1) is 5.92 Å². The Hall–Kier alpha value is -1.42. The number of rotatable bonds is 1. The maximum absolute atomic E-state index is 11.9. The van der Waals surface area contributed by atoms with Crippen LogP contribution >= 0.6 is 11.6 Å². The second-order valence-corrected chi connectivity index (χ2v) is 4.86. The number of fused-ring (bicyclic) bond motifs is 1. The first kappa shape index (κ1) is 12.0. The van der Waals surface area contributed by atoms with Crippen molar-refractivity contribution in [3.63, 3.8) is 0 Å². The highest BCUT2D eigenvalue weighted by atomic mass is 35.5. The molecular weight excluding hydrogens is 240 g/mol. The van der Waals surface area contributed by atoms with Gasteiger partial charge >= 0.3 is 0 Å². The highest BCUT2D eigenvalue weighted by molar-refractivity contribution is 6.31. The molecule has 0 saturated heterocycles. The summed E-state index contributed by atoms with van der Waals surface area (Å²) in [6.07, 6.45) is 0.622. The SMILES string of the molecule is CN(C)C(=O)C1COc2c(N)cc(Cl)cc2C1. The van der Waals surface area contributed by atoms with Gasteiger partial charge in [0.1, 0.15) is 12.4 Å². The molecule has 0 aliphatic carbocycles. The lowest BCUT2D eigenvalue weighted by Gasteiger charge is -2.27. The highest BCUT2D eigenvalue weighted by Crippen LogP contribution is 2.35. The molecule has 0 aromatic heterocycles. The predicted molar refractivity (Wildman–Crippen MR) is 67.2 cm³/mol. The molecule has 0 radical (unpaired) electrons. The lowest BCUT2D eigenvalue weighted by Crippen LogP contribution is -2.36. The monoisotopic (exact) mass is 254 g/mol. The maximum Gasteiger partial charge on any atom is 0.228 e. The average molecular weight is 255 g/mol. The number of anilines is 1. The van der Waals surface area contributed by atoms with Gasteiger partial charge in [0.05, 0.1) is 11.6 Å². The van der Waals surface area contributed by atoms with E-state index in [1.807, 2.05) is 6.07 Å². The molecule has 1 aliphatic rings. The van der Waals surface area contributed by atoms with Gasteiger partial charge in [-0.3, -0.25) is 4.79 Å². The second kappa shape index (κ2) is 4.45. The van der Waals surface area contributed by atoms with Crippen molar-refractivity contribution in [1.29, 1.82) is 0 Å². The summed E-state index contributed by atoms with van der Waals surface area (Å²) in [5.74, 6) is 0.571. The van der Waals surface area contributed by atoms with E-state index in [4.69, 9.17) is 22.1 Å². The van der Waals surface area contributed by atoms with Crippen molar-refractivity contribution in [2.24, 2.45) is 5.92 Å². The first-order chi connectivity index (χ1) is 7.99. The van der Waals surface area contributed by atoms with Crippen molar-refractivity contribution in [1.82, 2.24) is 4.90 Å². The predicted octanol–water partition coefficient (Wildman–Crippen LogP) is 1.56. The van der Waals surface area contributed by atoms with Gasteiger partial charge in [-0.05, 0) is 24.1 Å². The number of nitrogens with two attached hydrogens (primary N) is 1. The van der Waals surface area contributed by atoms with Crippen LogP contribution in [0.4, 0.5) is 5.69 Å². The standard InChI is InChI=1S/C12H15ClN2O2/c1-15(2)12(16)8-3-7-4-9(13)5-10(14)11(7)17-6-8/h4-5,8H,3,6,14H2,1-2H3. The van der Waals surface area contributed by atoms with E-state index in [1.165, 1.54) is 0 Å². The first-order valence-electron chi connectivity index (χ1n) is 5.41. The quantitative estimate of drug-likeness (QED) is 0.774. The molecule has 1 unspecified atom stereocenters. The smallest absolute Gasteiger partial charge is 0.228 e. The lowest BCUT2D eigenvalue weighted by atomic mass is 9.95. The van der Waals surface area contributed by atoms with Gasteiger partial charge in [-0.1, -0.05) is 11.6 Å². The molecule has 92 valence electrons. The third-order valence-electron chi connectivity index (χ3n) is 2.84. The third-order valence-corrected chi connectivity index (χ3v) is 3.06. The van der Waals surface area contributed by atoms with Crippen LogP contribution in [0.25, 0.3) is 0 Å². The molecule has 4 nitrogen and oxygen atoms in total. The summed E-state index contributed by atoms with van der Waals surface area (Å²) >= 11 is 5.94. The van der Waals surface area contributed by atoms with Gasteiger partial charge in [0, 0.05) is 19.1 Å². The molecule has 1 aromatic rings. The van der Waals surface area contributed by atoms with E-state index in [1.54, 1.807) is 25.1 Å². The van der Waals surface area contributed by atoms with Gasteiger partial charge in [-0.2, -0.15) is 0 Å². The minimum Gasteiger partial charge on any atom is -0.490 e. The number of amides is 1. The number of hydrogen-bond acceptors (Lipinski definition) is 3. The van der Waals surface area contributed by atoms with E-state index in [0.29, 0.717) is 29.5 Å². The molecular formula is C12H15ClN2O2. The fourth-order valence-corrected chi connectivity index (χ4v) is 2.28. The molecule has 0 fully saturated rings. The van der Waals surface area contributed by atoms with E-state index >= 15 is 0 Å². The number of ether oxygens (including phenoxy) is 1. The van der Waals surface area contributed by atoms with Crippen molar-refractivity contribution in [2.45, 2.75) is 6.42 Å². The Morgan fingerprint density at radius 1 is 1.53 bits per heavy atom. The van der Waals surface area contributed by atoms with Crippen molar-refractivity contribution in [3.05, 3.63) is 22.7 Å². The fraction of sp³-hybridized carbons (Fsp3) is 0.417. The van der Waals surface area contributed by atoms with E-state index in [2.05, 4.69) is 0 Å². The molecule has 5 heteroatoms. The number of hydrogen-bond donors (Lipinski definition) is 1. The van der Waals surface area contributed by atoms with Gasteiger partial charge in [0.25, 0.3) is 0 Å². The molecule has 1 aromatic carbocycles. The number of halogens is 1. The first-order valence-corrected chi connectivity index (χ1v) is 5.78. The summed E-state index contributed by atoms with van der Waals surface area (Å²) in [6.45, 7) is 0.371. The van der Waals surface area contributed by atoms with Gasteiger partial charge in [-0.25, -0.2) is 0 Å². The fourth-order valence-electron chi connectivity index (χ4n) is 2.03. The Morgan fingerprint density at radius 3 is 2.88 bits per heavy atom. The van der Waals surface area contributed by atoms with Crippen molar-refractivity contribution >= 4 is 23.2 Å². The van der Waals surface area contributed by atoms with E-state index < -0.39 is 0 Å². The molecule has 0 saturated carbocycles. The summed E-state index contributed by atoms with van der Waals surface area (Å²) in [4.78, 5) is 13.4. The molecule has 1 atom stereocenters. The normalized spacial score (nSPS) is 18.2. The van der Waals surface area contributed by atoms with Crippen LogP contribution in [-0.2, 0) is 11.2 Å². The van der Waals surface area contributed by atoms with Crippen LogP contribution < -0.4 is 10.5 Å². The summed E-state index contributed by atoms with van der Waals surface area (Å²) in [5.41, 5.74) is 7.25. The molecule has 0 bridgehead atoms. The van der Waals surface area contributed by atoms with E-state index in [0.717, 1.165) is 5.56 Å². The lowest BCUT2D eigenvalue weighted by molar-refractivity contribution is -0.134. The average Bonchev–Trinajstić information content (AvgIpc) is 2.26. The molecule has 2 N–H and O–H groups in total. The van der Waals surface area contributed by atoms with Gasteiger partial charge < -0.3 is 15.4 Å². The van der Waals surface area contributed by atoms with Crippen molar-refractivity contribution in [2.75, 3.05) is 26.4 Å². The van der Waals surface area contributed by atoms with Crippen LogP contribution in [0.2, 0.25) is 5.02 Å². The van der Waals surface area contributed by atoms with Gasteiger partial charge in [0.15, 0.2) is 0 Å². The van der Waals surface area contributed by atoms with Crippen LogP contribution in [-0.4, -0.2) is 31.5 Å². The summed E-state index contributed by atoms with van der Waals surface area (Å²) in [6, 6.07) is 3.47. The van der Waals surface area contributed by atoms with E-state index in [-0.39, 0.29) is 11.8 Å². The minimum absolute atomic E-state index is 0.0641. The largest absolute Gasteiger partial charge is 0.490 e. The molecule has 1 heterocycles. The Morgan fingerprint density at radius 2 is 2.24 bits per heavy atom. The topological polar surface area (TPSA) is 55.6 Å². The van der Waals surface area contributed by atoms with Crippen LogP contribution in [0.15, 0.2) is 12.1 Å². The van der Waals surface area contributed by atoms with Crippen molar-refractivity contribution in [3.8, 4) is 5.75 Å². The Balaban J connectivity index is 2.27. The number of benzene rings is 1. The third kappa shape index (κ3) is 2.31. The second-order valence-electron chi connectivity index (χ2n) is 4.43. The Labute approximate surface area is 105 Å². The summed E-state index contributed by atoms with van der Waals surface area (Å²) < 4.78 is 5.56. The summed E-state index contributed by atoms with van der Waals surface area (Å²) in [5, 5.41) is 0.572. The number of nitrogen functional groups attached to an aromatic ring is 1. The molecule has 17 heavy (non-hydrogen) atoms. The molecule has 2 rings (SSSR count). The zero-order chi connectivity index (χ0) is 12.6. The molecule has 1 amide bonds. The van der Waals surface area contributed by atoms with E-state index in [9.17, 15) is 4.79 Å². The highest BCUT2D eigenvalue weighted by Gasteiger charge is 2.28. The number of nitrogens with zero attached hydrogens (tertiary/aromatic N) is 1. The number of carbonyl (C=O) groups excluding carboxylic acids is 1. The zero-order valence-electron chi connectivity index (χ0n) is 9.87. The molecule has 1 aliphatic heterocycles. The summed E-state index contributed by atoms with van der Waals surface area (Å²) in [7, 11) is 3.48. The van der Waals surface area contributed by atoms with Crippen molar-refractivity contribution < 1.29 is 9.53 Å². The maximum atomic E-state index is 11.9. The van der Waals surface area contributed by atoms with Crippen LogP contribution in [0.5, 0.6) is 5.75 Å². The Kier molecular flexibility index (Phi) is 3.15. The van der Waals surface area contributed by atoms with Crippen LogP contribution in [0.1, 0.15) is 5.56 Å². The Bertz CT molecular complexity index is 460. The van der Waals surface area contributed by atoms with Gasteiger partial charge in [0.2, 0.25) is 5.91 Å². The zero-order valence-corrected chi connectivity index (χ0v) is 10.6. The van der Waals surface area contributed by atoms with Gasteiger partial charge in [-0.15, -0.1) is 0 Å². The molecule has 0 spiro atoms. The number of carbonyl (C=O) groups is 1. The van der Waals surface area contributed by atoms with Crippen LogP contribution in [0.3, 0.4) is 0 Å².